The van der Waals surface area contributed by atoms with E-state index in [1.807, 2.05) is 44.2 Å². The minimum absolute atomic E-state index is 0.135. The van der Waals surface area contributed by atoms with Gasteiger partial charge in [-0.3, -0.25) is 10.2 Å². The van der Waals surface area contributed by atoms with Gasteiger partial charge in [-0.15, -0.1) is 0 Å². The van der Waals surface area contributed by atoms with E-state index in [0.717, 1.165) is 5.56 Å². The second kappa shape index (κ2) is 8.16. The molecule has 0 aromatic heterocycles. The molecule has 1 atom stereocenters. The van der Waals surface area contributed by atoms with Crippen LogP contribution in [0.2, 0.25) is 0 Å². The van der Waals surface area contributed by atoms with Gasteiger partial charge in [0.05, 0.1) is 0 Å². The smallest absolute Gasteiger partial charge is 0.421 e. The van der Waals surface area contributed by atoms with Gasteiger partial charge >= 0.3 is 12.1 Å². The molecule has 1 amide bonds. The summed E-state index contributed by atoms with van der Waals surface area (Å²) in [5, 5.41) is 8.99. The highest BCUT2D eigenvalue weighted by atomic mass is 16.6. The lowest BCUT2D eigenvalue weighted by atomic mass is 10.0. The molecule has 0 spiro atoms. The molecule has 1 rings (SSSR count). The molecule has 6 heteroatoms. The van der Waals surface area contributed by atoms with Gasteiger partial charge in [0.15, 0.2) is 0 Å². The molecule has 0 heterocycles. The van der Waals surface area contributed by atoms with Gasteiger partial charge < -0.3 is 9.84 Å². The summed E-state index contributed by atoms with van der Waals surface area (Å²) in [4.78, 5) is 22.4. The number of benzene rings is 1. The monoisotopic (exact) mass is 280 g/mol. The van der Waals surface area contributed by atoms with Crippen molar-refractivity contribution in [2.24, 2.45) is 5.92 Å². The third-order valence-corrected chi connectivity index (χ3v) is 2.57. The number of aliphatic carboxylic acids is 1. The molecule has 6 nitrogen and oxygen atoms in total. The van der Waals surface area contributed by atoms with E-state index in [9.17, 15) is 9.59 Å². The van der Waals surface area contributed by atoms with Gasteiger partial charge in [-0.2, -0.15) is 0 Å². The van der Waals surface area contributed by atoms with Crippen LogP contribution in [-0.4, -0.2) is 23.2 Å². The molecule has 0 bridgehead atoms. The van der Waals surface area contributed by atoms with Crippen LogP contribution in [0.5, 0.6) is 0 Å². The van der Waals surface area contributed by atoms with Crippen LogP contribution >= 0.6 is 0 Å². The van der Waals surface area contributed by atoms with E-state index in [1.165, 1.54) is 0 Å². The SMILES string of the molecule is CC(C)C[C@H](NNC(=O)OCc1ccccc1)C(=O)O. The van der Waals surface area contributed by atoms with Crippen LogP contribution in [0, 0.1) is 5.92 Å². The largest absolute Gasteiger partial charge is 0.480 e. The van der Waals surface area contributed by atoms with Gasteiger partial charge in [-0.1, -0.05) is 44.2 Å². The van der Waals surface area contributed by atoms with Crippen LogP contribution in [0.25, 0.3) is 0 Å². The molecule has 0 radical (unpaired) electrons. The Labute approximate surface area is 118 Å². The zero-order chi connectivity index (χ0) is 15.0. The van der Waals surface area contributed by atoms with Crippen molar-refractivity contribution >= 4 is 12.1 Å². The Morgan fingerprint density at radius 2 is 1.90 bits per heavy atom. The Hall–Kier alpha value is -2.08. The first-order valence-electron chi connectivity index (χ1n) is 6.44. The maximum Gasteiger partial charge on any atom is 0.421 e. The second-order valence-electron chi connectivity index (χ2n) is 4.85. The first-order valence-corrected chi connectivity index (χ1v) is 6.44. The minimum atomic E-state index is -1.01. The van der Waals surface area contributed by atoms with Gasteiger partial charge in [0.2, 0.25) is 0 Å². The molecular formula is C14H20N2O4. The molecule has 1 aromatic rings. The Balaban J connectivity index is 2.32. The standard InChI is InChI=1S/C14H20N2O4/c1-10(2)8-12(13(17)18)15-16-14(19)20-9-11-6-4-3-5-7-11/h3-7,10,12,15H,8-9H2,1-2H3,(H,16,19)(H,17,18)/t12-/m0/s1. The van der Waals surface area contributed by atoms with Gasteiger partial charge in [-0.05, 0) is 17.9 Å². The lowest BCUT2D eigenvalue weighted by Gasteiger charge is -2.16. The molecular weight excluding hydrogens is 260 g/mol. The first kappa shape index (κ1) is 16.0. The maximum absolute atomic E-state index is 11.4. The number of carboxylic acid groups (broad SMARTS) is 1. The number of ether oxygens (including phenoxy) is 1. The number of carbonyl (C=O) groups is 2. The zero-order valence-electron chi connectivity index (χ0n) is 11.6. The van der Waals surface area contributed by atoms with Gasteiger partial charge in [0.25, 0.3) is 0 Å². The highest BCUT2D eigenvalue weighted by molar-refractivity contribution is 5.74. The van der Waals surface area contributed by atoms with Gasteiger partial charge in [0, 0.05) is 0 Å². The average molecular weight is 280 g/mol. The summed E-state index contributed by atoms with van der Waals surface area (Å²) in [6.45, 7) is 3.95. The summed E-state index contributed by atoms with van der Waals surface area (Å²) in [5.41, 5.74) is 5.57. The van der Waals surface area contributed by atoms with Crippen LogP contribution in [0.15, 0.2) is 30.3 Å². The number of rotatable bonds is 7. The third kappa shape index (κ3) is 6.19. The van der Waals surface area contributed by atoms with Crippen LogP contribution in [0.3, 0.4) is 0 Å². The molecule has 3 N–H and O–H groups in total. The van der Waals surface area contributed by atoms with Crippen molar-refractivity contribution in [2.75, 3.05) is 0 Å². The van der Waals surface area contributed by atoms with Crippen molar-refractivity contribution in [3.8, 4) is 0 Å². The fourth-order valence-corrected chi connectivity index (χ4v) is 1.60. The molecule has 0 aliphatic heterocycles. The van der Waals surface area contributed by atoms with E-state index >= 15 is 0 Å². The summed E-state index contributed by atoms with van der Waals surface area (Å²) < 4.78 is 4.96. The fourth-order valence-electron chi connectivity index (χ4n) is 1.60. The predicted molar refractivity (Wildman–Crippen MR) is 73.8 cm³/mol. The van der Waals surface area contributed by atoms with E-state index in [1.54, 1.807) is 0 Å². The Bertz CT molecular complexity index is 434. The number of hydrogen-bond acceptors (Lipinski definition) is 4. The number of hydrogen-bond donors (Lipinski definition) is 3. The molecule has 0 saturated carbocycles. The summed E-state index contributed by atoms with van der Waals surface area (Å²) >= 11 is 0. The van der Waals surface area contributed by atoms with Gasteiger partial charge in [-0.25, -0.2) is 10.2 Å². The molecule has 0 aliphatic carbocycles. The van der Waals surface area contributed by atoms with Crippen LogP contribution in [0.1, 0.15) is 25.8 Å². The van der Waals surface area contributed by atoms with E-state index < -0.39 is 18.1 Å². The van der Waals surface area contributed by atoms with Crippen molar-refractivity contribution in [3.05, 3.63) is 35.9 Å². The summed E-state index contributed by atoms with van der Waals surface area (Å²) in [7, 11) is 0. The summed E-state index contributed by atoms with van der Waals surface area (Å²) in [6, 6.07) is 8.39. The average Bonchev–Trinajstić information content (AvgIpc) is 2.41. The molecule has 1 aromatic carbocycles. The zero-order valence-corrected chi connectivity index (χ0v) is 11.6. The molecule has 0 unspecified atom stereocenters. The highest BCUT2D eigenvalue weighted by Gasteiger charge is 2.19. The van der Waals surface area contributed by atoms with Crippen LogP contribution < -0.4 is 10.9 Å². The number of hydrazine groups is 1. The number of carbonyl (C=O) groups excluding carboxylic acids is 1. The maximum atomic E-state index is 11.4. The number of amides is 1. The molecule has 0 fully saturated rings. The first-order chi connectivity index (χ1) is 9.49. The van der Waals surface area contributed by atoms with Crippen molar-refractivity contribution in [1.29, 1.82) is 0 Å². The fraction of sp³-hybridized carbons (Fsp3) is 0.429. The minimum Gasteiger partial charge on any atom is -0.480 e. The second-order valence-corrected chi connectivity index (χ2v) is 4.85. The van der Waals surface area contributed by atoms with Gasteiger partial charge in [0.1, 0.15) is 12.6 Å². The normalized spacial score (nSPS) is 11.9. The van der Waals surface area contributed by atoms with E-state index in [2.05, 4.69) is 10.9 Å². The quantitative estimate of drug-likeness (QED) is 0.664. The Morgan fingerprint density at radius 1 is 1.25 bits per heavy atom. The molecule has 110 valence electrons. The number of carboxylic acids is 1. The van der Waals surface area contributed by atoms with Crippen LogP contribution in [-0.2, 0) is 16.1 Å². The number of nitrogens with one attached hydrogen (secondary N) is 2. The van der Waals surface area contributed by atoms with Crippen molar-refractivity contribution in [1.82, 2.24) is 10.9 Å². The van der Waals surface area contributed by atoms with Crippen molar-refractivity contribution in [2.45, 2.75) is 32.9 Å². The summed E-state index contributed by atoms with van der Waals surface area (Å²) in [6.07, 6.45) is -0.294. The topological polar surface area (TPSA) is 87.7 Å². The highest BCUT2D eigenvalue weighted by Crippen LogP contribution is 2.04. The van der Waals surface area contributed by atoms with Crippen molar-refractivity contribution in [3.63, 3.8) is 0 Å². The molecule has 0 saturated heterocycles. The lowest BCUT2D eigenvalue weighted by Crippen LogP contribution is -2.48. The molecule has 20 heavy (non-hydrogen) atoms. The summed E-state index contributed by atoms with van der Waals surface area (Å²) in [5.74, 6) is -0.812. The lowest BCUT2D eigenvalue weighted by molar-refractivity contribution is -0.140. The van der Waals surface area contributed by atoms with E-state index in [0.29, 0.717) is 6.42 Å². The van der Waals surface area contributed by atoms with E-state index in [4.69, 9.17) is 9.84 Å². The van der Waals surface area contributed by atoms with Crippen molar-refractivity contribution < 1.29 is 19.4 Å². The van der Waals surface area contributed by atoms with Crippen LogP contribution in [0.4, 0.5) is 4.79 Å². The molecule has 0 aliphatic rings. The predicted octanol–water partition coefficient (Wildman–Crippen LogP) is 1.92. The third-order valence-electron chi connectivity index (χ3n) is 2.57. The van der Waals surface area contributed by atoms with E-state index in [-0.39, 0.29) is 12.5 Å². The Morgan fingerprint density at radius 3 is 2.45 bits per heavy atom. The Kier molecular flexibility index (Phi) is 6.52.